The molecule has 2 bridgehead atoms. The van der Waals surface area contributed by atoms with Crippen molar-refractivity contribution >= 4 is 0 Å². The van der Waals surface area contributed by atoms with Gasteiger partial charge in [0.25, 0.3) is 0 Å². The molecule has 3 rings (SSSR count). The van der Waals surface area contributed by atoms with Crippen LogP contribution in [0.1, 0.15) is 65.0 Å². The summed E-state index contributed by atoms with van der Waals surface area (Å²) in [6.07, 6.45) is 3.92. The van der Waals surface area contributed by atoms with E-state index in [9.17, 15) is 10.2 Å². The molecule has 4 N–H and O–H groups in total. The average molecular weight is 382 g/mol. The van der Waals surface area contributed by atoms with Crippen LogP contribution in [0.25, 0.3) is 0 Å². The van der Waals surface area contributed by atoms with Gasteiger partial charge in [0.1, 0.15) is 12.1 Å². The van der Waals surface area contributed by atoms with Gasteiger partial charge in [-0.3, -0.25) is 0 Å². The van der Waals surface area contributed by atoms with E-state index in [1.165, 1.54) is 19.3 Å². The van der Waals surface area contributed by atoms with Crippen molar-refractivity contribution in [2.24, 2.45) is 22.7 Å². The predicted octanol–water partition coefficient (Wildman–Crippen LogP) is -0.111. The maximum Gasteiger partial charge on any atom is 0.130 e. The van der Waals surface area contributed by atoms with E-state index >= 15 is 0 Å². The highest BCUT2D eigenvalue weighted by Gasteiger charge is 2.62. The molecule has 4 heteroatoms. The number of fused-ring (bicyclic) bond motifs is 2. The van der Waals surface area contributed by atoms with Gasteiger partial charge < -0.3 is 27.9 Å². The summed E-state index contributed by atoms with van der Waals surface area (Å²) >= 11 is 0. The maximum atomic E-state index is 10.9. The van der Waals surface area contributed by atoms with E-state index in [4.69, 9.17) is 0 Å². The summed E-state index contributed by atoms with van der Waals surface area (Å²) in [7, 11) is 0. The van der Waals surface area contributed by atoms with E-state index in [0.717, 1.165) is 24.4 Å². The molecule has 0 aromatic heterocycles. The Morgan fingerprint density at radius 2 is 1.81 bits per heavy atom. The van der Waals surface area contributed by atoms with Crippen molar-refractivity contribution in [3.8, 4) is 0 Å². The van der Waals surface area contributed by atoms with Crippen molar-refractivity contribution in [1.82, 2.24) is 0 Å². The van der Waals surface area contributed by atoms with Crippen LogP contribution < -0.4 is 17.7 Å². The molecule has 2 fully saturated rings. The molecule has 2 aliphatic carbocycles. The number of nitrogens with two attached hydrogens (primary N) is 1. The first-order valence-corrected chi connectivity index (χ1v) is 10.0. The van der Waals surface area contributed by atoms with Gasteiger partial charge in [0.05, 0.1) is 12.6 Å². The largest absolute Gasteiger partial charge is 1.00 e. The molecule has 0 amide bonds. The van der Waals surface area contributed by atoms with Crippen molar-refractivity contribution in [3.05, 3.63) is 35.9 Å². The van der Waals surface area contributed by atoms with Crippen molar-refractivity contribution in [3.63, 3.8) is 0 Å². The highest BCUT2D eigenvalue weighted by atomic mass is 35.5. The topological polar surface area (TPSA) is 57.1 Å². The van der Waals surface area contributed by atoms with Gasteiger partial charge in [0, 0.05) is 6.42 Å². The average Bonchev–Trinajstić information content (AvgIpc) is 2.94. The molecule has 2 aliphatic rings. The maximum absolute atomic E-state index is 10.9. The van der Waals surface area contributed by atoms with E-state index in [0.29, 0.717) is 11.3 Å². The monoisotopic (exact) mass is 381 g/mol. The van der Waals surface area contributed by atoms with Crippen LogP contribution in [-0.2, 0) is 0 Å². The number of quaternary nitrogens is 1. The molecule has 0 heterocycles. The minimum atomic E-state index is -0.461. The fraction of sp³-hybridized carbons (Fsp3) is 0.727. The Hall–Kier alpha value is -0.610. The molecule has 1 aromatic carbocycles. The lowest BCUT2D eigenvalue weighted by Gasteiger charge is -2.41. The van der Waals surface area contributed by atoms with Crippen LogP contribution in [0.4, 0.5) is 0 Å². The Morgan fingerprint density at radius 1 is 1.15 bits per heavy atom. The summed E-state index contributed by atoms with van der Waals surface area (Å²) in [6, 6.07) is 9.95. The third-order valence-corrected chi connectivity index (χ3v) is 7.97. The Labute approximate surface area is 165 Å². The number of aliphatic hydroxyl groups excluding tert-OH is 2. The van der Waals surface area contributed by atoms with Gasteiger partial charge in [0.2, 0.25) is 0 Å². The van der Waals surface area contributed by atoms with E-state index in [-0.39, 0.29) is 30.0 Å². The van der Waals surface area contributed by atoms with Crippen LogP contribution in [0.2, 0.25) is 0 Å². The lowest BCUT2D eigenvalue weighted by Crippen LogP contribution is -3.00. The Bertz CT molecular complexity index is 579. The fourth-order valence-electron chi connectivity index (χ4n) is 5.66. The fourth-order valence-corrected chi connectivity index (χ4v) is 5.66. The van der Waals surface area contributed by atoms with Crippen LogP contribution >= 0.6 is 0 Å². The van der Waals surface area contributed by atoms with E-state index in [1.807, 2.05) is 30.3 Å². The van der Waals surface area contributed by atoms with Crippen molar-refractivity contribution in [2.75, 3.05) is 6.54 Å². The number of rotatable bonds is 7. The predicted molar refractivity (Wildman–Crippen MR) is 101 cm³/mol. The van der Waals surface area contributed by atoms with Gasteiger partial charge in [-0.15, -0.1) is 0 Å². The molecule has 0 aliphatic heterocycles. The first kappa shape index (κ1) is 21.7. The lowest BCUT2D eigenvalue weighted by molar-refractivity contribution is -0.695. The third kappa shape index (κ3) is 3.69. The molecule has 0 spiro atoms. The van der Waals surface area contributed by atoms with E-state index in [1.54, 1.807) is 0 Å². The molecule has 1 aromatic rings. The molecule has 0 radical (unpaired) electrons. The zero-order valence-electron chi connectivity index (χ0n) is 16.7. The first-order chi connectivity index (χ1) is 11.8. The number of benzene rings is 1. The number of hydrogen-bond donors (Lipinski definition) is 3. The second-order valence-electron chi connectivity index (χ2n) is 9.31. The highest BCUT2D eigenvalue weighted by molar-refractivity contribution is 5.17. The third-order valence-electron chi connectivity index (χ3n) is 7.97. The molecule has 6 unspecified atom stereocenters. The SMILES string of the molecule is CC([NH2+]CCC(O)C1CC2CCC1(C)C2(C)C)C(O)c1ccccc1.[Cl-]. The summed E-state index contributed by atoms with van der Waals surface area (Å²) in [5.41, 5.74) is 1.61. The van der Waals surface area contributed by atoms with E-state index < -0.39 is 6.10 Å². The molecule has 2 saturated carbocycles. The van der Waals surface area contributed by atoms with Crippen molar-refractivity contribution < 1.29 is 27.9 Å². The quantitative estimate of drug-likeness (QED) is 0.617. The van der Waals surface area contributed by atoms with Crippen LogP contribution in [-0.4, -0.2) is 28.9 Å². The Kier molecular flexibility index (Phi) is 6.82. The molecule has 0 saturated heterocycles. The van der Waals surface area contributed by atoms with Gasteiger partial charge >= 0.3 is 0 Å². The van der Waals surface area contributed by atoms with Crippen LogP contribution in [0.3, 0.4) is 0 Å². The molecule has 148 valence electrons. The molecular formula is C22H36ClNO2. The normalized spacial score (nSPS) is 32.7. The molecule has 3 nitrogen and oxygen atoms in total. The first-order valence-electron chi connectivity index (χ1n) is 10.0. The second kappa shape index (κ2) is 8.18. The summed E-state index contributed by atoms with van der Waals surface area (Å²) < 4.78 is 0. The van der Waals surface area contributed by atoms with Gasteiger partial charge in [-0.25, -0.2) is 0 Å². The number of hydrogen-bond acceptors (Lipinski definition) is 2. The lowest BCUT2D eigenvalue weighted by atomic mass is 9.65. The second-order valence-corrected chi connectivity index (χ2v) is 9.31. The summed E-state index contributed by atoms with van der Waals surface area (Å²) in [4.78, 5) is 0. The standard InChI is InChI=1S/C22H35NO2.ClH/c1-15(20(25)16-8-6-5-7-9-16)23-13-11-19(24)18-14-17-10-12-22(18,4)21(17,2)3;/h5-9,15,17-20,23-25H,10-14H2,1-4H3;1H. The van der Waals surface area contributed by atoms with Crippen molar-refractivity contribution in [1.29, 1.82) is 0 Å². The summed E-state index contributed by atoms with van der Waals surface area (Å²) in [6.45, 7) is 10.1. The smallest absolute Gasteiger partial charge is 0.130 e. The van der Waals surface area contributed by atoms with Crippen molar-refractivity contribution in [2.45, 2.75) is 71.6 Å². The summed E-state index contributed by atoms with van der Waals surface area (Å²) in [5, 5.41) is 23.5. The number of aliphatic hydroxyl groups is 2. The van der Waals surface area contributed by atoms with Gasteiger partial charge in [-0.05, 0) is 54.4 Å². The van der Waals surface area contributed by atoms with E-state index in [2.05, 4.69) is 33.0 Å². The molecule has 6 atom stereocenters. The van der Waals surface area contributed by atoms with Crippen LogP contribution in [0.15, 0.2) is 30.3 Å². The number of halogens is 1. The summed E-state index contributed by atoms with van der Waals surface area (Å²) in [5.74, 6) is 1.21. The zero-order chi connectivity index (χ0) is 18.2. The Morgan fingerprint density at radius 3 is 2.35 bits per heavy atom. The van der Waals surface area contributed by atoms with Crippen LogP contribution in [0, 0.1) is 22.7 Å². The van der Waals surface area contributed by atoms with Gasteiger partial charge in [-0.1, -0.05) is 51.1 Å². The molecule has 26 heavy (non-hydrogen) atoms. The highest BCUT2D eigenvalue weighted by Crippen LogP contribution is 2.68. The minimum Gasteiger partial charge on any atom is -1.00 e. The molecular weight excluding hydrogens is 346 g/mol. The van der Waals surface area contributed by atoms with Crippen LogP contribution in [0.5, 0.6) is 0 Å². The zero-order valence-corrected chi connectivity index (χ0v) is 17.4. The minimum absolute atomic E-state index is 0. The Balaban J connectivity index is 0.00000243. The van der Waals surface area contributed by atoms with Gasteiger partial charge in [-0.2, -0.15) is 0 Å². The van der Waals surface area contributed by atoms with Gasteiger partial charge in [0.15, 0.2) is 0 Å².